The van der Waals surface area contributed by atoms with Gasteiger partial charge in [-0.05, 0) is 11.8 Å². The van der Waals surface area contributed by atoms with Crippen molar-refractivity contribution in [3.63, 3.8) is 0 Å². The van der Waals surface area contributed by atoms with E-state index in [1.165, 1.54) is 0 Å². The Morgan fingerprint density at radius 3 is 1.94 bits per heavy atom. The molecule has 0 amide bonds. The molecule has 0 radical (unpaired) electrons. The summed E-state index contributed by atoms with van der Waals surface area (Å²) in [4.78, 5) is 8.73. The molecule has 17 heavy (non-hydrogen) atoms. The van der Waals surface area contributed by atoms with E-state index in [4.69, 9.17) is 4.74 Å². The topological polar surface area (TPSA) is 28.1 Å². The minimum atomic E-state index is 0. The fourth-order valence-electron chi connectivity index (χ4n) is 1.42. The number of hydrogen-bond acceptors (Lipinski definition) is 2. The fourth-order valence-corrected chi connectivity index (χ4v) is 1.42. The van der Waals surface area contributed by atoms with Gasteiger partial charge in [0, 0.05) is 48.5 Å². The zero-order valence-electron chi connectivity index (χ0n) is 12.3. The van der Waals surface area contributed by atoms with Crippen molar-refractivity contribution < 1.29 is 4.74 Å². The van der Waals surface area contributed by atoms with E-state index in [2.05, 4.69) is 18.8 Å². The lowest BCUT2D eigenvalue weighted by molar-refractivity contribution is 0.155. The fraction of sp³-hybridized carbons (Fsp3) is 0.917. The highest BCUT2D eigenvalue weighted by Gasteiger charge is 2.18. The Balaban J connectivity index is 0. The number of aliphatic imine (C=N–C) groups is 1. The molecule has 0 saturated carbocycles. The van der Waals surface area contributed by atoms with Crippen LogP contribution in [0.1, 0.15) is 20.3 Å². The second-order valence-electron chi connectivity index (χ2n) is 5.31. The maximum atomic E-state index is 5.11. The highest BCUT2D eigenvalue weighted by Crippen LogP contribution is 2.20. The van der Waals surface area contributed by atoms with E-state index in [0.29, 0.717) is 0 Å². The summed E-state index contributed by atoms with van der Waals surface area (Å²) < 4.78 is 5.11. The molecule has 0 unspecified atom stereocenters. The Morgan fingerprint density at radius 1 is 1.12 bits per heavy atom. The van der Waals surface area contributed by atoms with E-state index in [9.17, 15) is 0 Å². The predicted octanol–water partition coefficient (Wildman–Crippen LogP) is 2.15. The van der Waals surface area contributed by atoms with Gasteiger partial charge in [0.1, 0.15) is 0 Å². The second-order valence-corrected chi connectivity index (χ2v) is 5.31. The zero-order chi connectivity index (χ0) is 12.8. The molecule has 0 aliphatic rings. The smallest absolute Gasteiger partial charge is 0.195 e. The Hall–Kier alpha value is -0.0400. The van der Waals surface area contributed by atoms with Crippen LogP contribution < -0.4 is 0 Å². The highest BCUT2D eigenvalue weighted by atomic mass is 127. The van der Waals surface area contributed by atoms with Gasteiger partial charge in [-0.3, -0.25) is 4.99 Å². The largest absolute Gasteiger partial charge is 0.385 e. The van der Waals surface area contributed by atoms with Crippen LogP contribution in [0, 0.1) is 5.41 Å². The van der Waals surface area contributed by atoms with Gasteiger partial charge in [-0.15, -0.1) is 24.0 Å². The van der Waals surface area contributed by atoms with Crippen molar-refractivity contribution in [2.45, 2.75) is 20.3 Å². The minimum Gasteiger partial charge on any atom is -0.385 e. The molecule has 104 valence electrons. The van der Waals surface area contributed by atoms with Crippen molar-refractivity contribution in [2.24, 2.45) is 10.4 Å². The quantitative estimate of drug-likeness (QED) is 0.429. The number of guanidine groups is 1. The Kier molecular flexibility index (Phi) is 10.2. The third-order valence-corrected chi connectivity index (χ3v) is 2.43. The average molecular weight is 357 g/mol. The van der Waals surface area contributed by atoms with Crippen molar-refractivity contribution in [2.75, 3.05) is 48.5 Å². The van der Waals surface area contributed by atoms with Crippen LogP contribution in [0.3, 0.4) is 0 Å². The van der Waals surface area contributed by atoms with Crippen LogP contribution in [0.15, 0.2) is 4.99 Å². The summed E-state index contributed by atoms with van der Waals surface area (Å²) in [5.74, 6) is 1.01. The first-order chi connectivity index (χ1) is 7.30. The summed E-state index contributed by atoms with van der Waals surface area (Å²) >= 11 is 0. The average Bonchev–Trinajstić information content (AvgIpc) is 2.13. The lowest BCUT2D eigenvalue weighted by Gasteiger charge is -2.26. The van der Waals surface area contributed by atoms with Crippen LogP contribution in [0.25, 0.3) is 0 Å². The Labute approximate surface area is 123 Å². The van der Waals surface area contributed by atoms with Gasteiger partial charge in [0.05, 0.1) is 0 Å². The Morgan fingerprint density at radius 2 is 1.59 bits per heavy atom. The first kappa shape index (κ1) is 19.3. The third kappa shape index (κ3) is 8.65. The number of ether oxygens (including phenoxy) is 1. The summed E-state index contributed by atoms with van der Waals surface area (Å²) in [6, 6.07) is 0. The minimum absolute atomic E-state index is 0. The summed E-state index contributed by atoms with van der Waals surface area (Å²) in [6.45, 7) is 6.06. The van der Waals surface area contributed by atoms with Gasteiger partial charge in [-0.2, -0.15) is 0 Å². The van der Waals surface area contributed by atoms with Crippen molar-refractivity contribution in [3.8, 4) is 0 Å². The van der Waals surface area contributed by atoms with Crippen molar-refractivity contribution in [3.05, 3.63) is 0 Å². The second kappa shape index (κ2) is 8.97. The summed E-state index contributed by atoms with van der Waals surface area (Å²) in [5, 5.41) is 0. The van der Waals surface area contributed by atoms with Gasteiger partial charge in [0.25, 0.3) is 0 Å². The van der Waals surface area contributed by atoms with Gasteiger partial charge in [-0.1, -0.05) is 13.8 Å². The summed E-state index contributed by atoms with van der Waals surface area (Å²) in [6.07, 6.45) is 1.03. The standard InChI is InChI=1S/C12H27N3O.HI/c1-12(2,8-9-16-7)10-13-11(14(3)4)15(5)6;/h8-10H2,1-7H3;1H. The molecule has 0 aliphatic heterocycles. The van der Waals surface area contributed by atoms with E-state index in [0.717, 1.165) is 25.5 Å². The van der Waals surface area contributed by atoms with Gasteiger partial charge >= 0.3 is 0 Å². The van der Waals surface area contributed by atoms with E-state index in [1.54, 1.807) is 7.11 Å². The van der Waals surface area contributed by atoms with E-state index >= 15 is 0 Å². The first-order valence-corrected chi connectivity index (χ1v) is 5.68. The molecular formula is C12H28IN3O. The van der Waals surface area contributed by atoms with Crippen molar-refractivity contribution in [1.82, 2.24) is 9.80 Å². The first-order valence-electron chi connectivity index (χ1n) is 5.68. The molecule has 0 aromatic rings. The van der Waals surface area contributed by atoms with Crippen molar-refractivity contribution in [1.29, 1.82) is 0 Å². The molecule has 0 rings (SSSR count). The molecular weight excluding hydrogens is 329 g/mol. The number of hydrogen-bond donors (Lipinski definition) is 0. The lowest BCUT2D eigenvalue weighted by Crippen LogP contribution is -2.36. The normalized spacial score (nSPS) is 10.5. The van der Waals surface area contributed by atoms with Crippen LogP contribution in [-0.4, -0.2) is 64.2 Å². The molecule has 0 bridgehead atoms. The molecule has 0 aromatic carbocycles. The highest BCUT2D eigenvalue weighted by molar-refractivity contribution is 14.0. The maximum absolute atomic E-state index is 5.11. The van der Waals surface area contributed by atoms with Crippen LogP contribution in [0.5, 0.6) is 0 Å². The molecule has 0 N–H and O–H groups in total. The SMILES string of the molecule is COCCC(C)(C)CN=C(N(C)C)N(C)C.I. The van der Waals surface area contributed by atoms with Crippen molar-refractivity contribution >= 4 is 29.9 Å². The van der Waals surface area contributed by atoms with Crippen LogP contribution in [0.2, 0.25) is 0 Å². The summed E-state index contributed by atoms with van der Waals surface area (Å²) in [5.41, 5.74) is 0.188. The number of halogens is 1. The molecule has 0 fully saturated rings. The van der Waals surface area contributed by atoms with E-state index in [1.807, 2.05) is 38.0 Å². The van der Waals surface area contributed by atoms with E-state index in [-0.39, 0.29) is 29.4 Å². The van der Waals surface area contributed by atoms with E-state index < -0.39 is 0 Å². The molecule has 5 heteroatoms. The molecule has 4 nitrogen and oxygen atoms in total. The molecule has 0 heterocycles. The molecule has 0 aliphatic carbocycles. The van der Waals surface area contributed by atoms with Gasteiger partial charge in [0.2, 0.25) is 0 Å². The predicted molar refractivity (Wildman–Crippen MR) is 85.4 cm³/mol. The molecule has 0 saturated heterocycles. The van der Waals surface area contributed by atoms with Crippen LogP contribution >= 0.6 is 24.0 Å². The zero-order valence-corrected chi connectivity index (χ0v) is 14.6. The Bertz CT molecular complexity index is 218. The maximum Gasteiger partial charge on any atom is 0.195 e. The summed E-state index contributed by atoms with van der Waals surface area (Å²) in [7, 11) is 9.80. The van der Waals surface area contributed by atoms with Gasteiger partial charge in [-0.25, -0.2) is 0 Å². The van der Waals surface area contributed by atoms with Gasteiger partial charge < -0.3 is 14.5 Å². The lowest BCUT2D eigenvalue weighted by atomic mass is 9.90. The van der Waals surface area contributed by atoms with Gasteiger partial charge in [0.15, 0.2) is 5.96 Å². The number of methoxy groups -OCH3 is 1. The third-order valence-electron chi connectivity index (χ3n) is 2.43. The molecule has 0 spiro atoms. The number of rotatable bonds is 5. The van der Waals surface area contributed by atoms with Crippen LogP contribution in [-0.2, 0) is 4.74 Å². The molecule has 0 atom stereocenters. The molecule has 0 aromatic heterocycles. The monoisotopic (exact) mass is 357 g/mol. The van der Waals surface area contributed by atoms with Crippen LogP contribution in [0.4, 0.5) is 0 Å². The number of nitrogens with zero attached hydrogens (tertiary/aromatic N) is 3.